The third-order valence-corrected chi connectivity index (χ3v) is 9.55. The molecule has 306 valence electrons. The number of phenolic OH excluding ortho intramolecular Hbond substituents is 2. The van der Waals surface area contributed by atoms with Crippen molar-refractivity contribution in [2.45, 2.75) is 91.5 Å². The summed E-state index contributed by atoms with van der Waals surface area (Å²) in [5.41, 5.74) is 5.66. The van der Waals surface area contributed by atoms with Gasteiger partial charge in [-0.05, 0) is 61.1 Å². The number of hydrogen-bond donors (Lipinski definition) is 8. The van der Waals surface area contributed by atoms with E-state index in [4.69, 9.17) is 5.73 Å². The van der Waals surface area contributed by atoms with Crippen LogP contribution in [0.1, 0.15) is 72.1 Å². The predicted octanol–water partition coefficient (Wildman–Crippen LogP) is 0.764. The Bertz CT molecular complexity index is 1860. The van der Waals surface area contributed by atoms with E-state index in [1.807, 2.05) is 20.8 Å². The second-order valence-electron chi connectivity index (χ2n) is 16.1. The summed E-state index contributed by atoms with van der Waals surface area (Å²) < 4.78 is 0. The molecule has 0 saturated heterocycles. The summed E-state index contributed by atoms with van der Waals surface area (Å²) >= 11 is 0. The maximum absolute atomic E-state index is 13.8. The number of nitrogens with one attached hydrogen (secondary N) is 4. The highest BCUT2D eigenvalue weighted by Gasteiger charge is 2.39. The zero-order valence-electron chi connectivity index (χ0n) is 33.4. The molecule has 6 amide bonds. The molecule has 9 N–H and O–H groups in total. The van der Waals surface area contributed by atoms with E-state index in [0.717, 1.165) is 4.90 Å². The molecular formula is C39H55N7O10. The van der Waals surface area contributed by atoms with Gasteiger partial charge < -0.3 is 52.1 Å². The molecule has 3 rings (SSSR count). The molecule has 0 saturated carbocycles. The molecule has 5 atom stereocenters. The Morgan fingerprint density at radius 3 is 2.07 bits per heavy atom. The number of phenols is 2. The second-order valence-corrected chi connectivity index (χ2v) is 16.1. The SMILES string of the molecule is CC(NC(=O)C(CN)N(C)C(=O)C(C)(C)CC(C)(C)C)C(=O)NCC(=O)N(C)C1C(=O)NC(C)C(=O)NC(C(=O)O)Cc2ccc(O)c(c2)-c2cc1ccc2O. The number of nitrogens with two attached hydrogens (primary N) is 1. The number of aliphatic carboxylic acids is 1. The van der Waals surface area contributed by atoms with Gasteiger partial charge >= 0.3 is 5.97 Å². The minimum atomic E-state index is -1.46. The average molecular weight is 782 g/mol. The Labute approximate surface area is 326 Å². The van der Waals surface area contributed by atoms with Gasteiger partial charge in [-0.15, -0.1) is 0 Å². The lowest BCUT2D eigenvalue weighted by molar-refractivity contribution is -0.147. The molecule has 0 radical (unpaired) electrons. The first-order valence-electron chi connectivity index (χ1n) is 18.2. The van der Waals surface area contributed by atoms with E-state index in [9.17, 15) is 48.9 Å². The molecule has 1 heterocycles. The van der Waals surface area contributed by atoms with Crippen molar-refractivity contribution >= 4 is 41.4 Å². The molecule has 1 aliphatic heterocycles. The van der Waals surface area contributed by atoms with Crippen LogP contribution in [0.4, 0.5) is 0 Å². The topological polar surface area (TPSA) is 261 Å². The van der Waals surface area contributed by atoms with Crippen molar-refractivity contribution in [2.75, 3.05) is 27.2 Å². The highest BCUT2D eigenvalue weighted by Crippen LogP contribution is 2.39. The van der Waals surface area contributed by atoms with Crippen LogP contribution < -0.4 is 27.0 Å². The highest BCUT2D eigenvalue weighted by molar-refractivity contribution is 5.96. The largest absolute Gasteiger partial charge is 0.507 e. The molecule has 5 unspecified atom stereocenters. The highest BCUT2D eigenvalue weighted by atomic mass is 16.4. The van der Waals surface area contributed by atoms with Gasteiger partial charge in [-0.25, -0.2) is 4.79 Å². The van der Waals surface area contributed by atoms with Gasteiger partial charge in [0.1, 0.15) is 41.7 Å². The van der Waals surface area contributed by atoms with E-state index in [1.165, 1.54) is 69.2 Å². The van der Waals surface area contributed by atoms with E-state index in [-0.39, 0.29) is 52.5 Å². The van der Waals surface area contributed by atoms with Crippen LogP contribution in [-0.2, 0) is 40.0 Å². The number of amides is 6. The molecule has 1 aliphatic rings. The summed E-state index contributed by atoms with van der Waals surface area (Å²) in [6.45, 7) is 11.5. The molecule has 2 aromatic rings. The minimum Gasteiger partial charge on any atom is -0.507 e. The van der Waals surface area contributed by atoms with E-state index in [2.05, 4.69) is 21.3 Å². The fourth-order valence-corrected chi connectivity index (χ4v) is 6.93. The number of rotatable bonds is 11. The Kier molecular flexibility index (Phi) is 14.2. The number of benzene rings is 2. The number of carboxylic acids is 1. The second kappa shape index (κ2) is 17.8. The predicted molar refractivity (Wildman–Crippen MR) is 206 cm³/mol. The molecule has 17 nitrogen and oxygen atoms in total. The molecule has 2 aromatic carbocycles. The summed E-state index contributed by atoms with van der Waals surface area (Å²) in [5, 5.41) is 41.3. The molecule has 56 heavy (non-hydrogen) atoms. The van der Waals surface area contributed by atoms with Gasteiger partial charge in [0.2, 0.25) is 35.4 Å². The van der Waals surface area contributed by atoms with Gasteiger partial charge in [0.25, 0.3) is 0 Å². The van der Waals surface area contributed by atoms with Crippen molar-refractivity contribution in [3.63, 3.8) is 0 Å². The molecule has 0 aliphatic carbocycles. The molecular weight excluding hydrogens is 726 g/mol. The van der Waals surface area contributed by atoms with Gasteiger partial charge in [0.05, 0.1) is 6.54 Å². The Morgan fingerprint density at radius 1 is 0.911 bits per heavy atom. The van der Waals surface area contributed by atoms with E-state index < -0.39 is 77.7 Å². The van der Waals surface area contributed by atoms with Crippen LogP contribution in [0.25, 0.3) is 11.1 Å². The molecule has 4 bridgehead atoms. The summed E-state index contributed by atoms with van der Waals surface area (Å²) in [7, 11) is 2.75. The lowest BCUT2D eigenvalue weighted by atomic mass is 9.75. The quantitative estimate of drug-likeness (QED) is 0.158. The Hall–Kier alpha value is -5.71. The summed E-state index contributed by atoms with van der Waals surface area (Å²) in [6, 6.07) is 1.85. The smallest absolute Gasteiger partial charge is 0.326 e. The standard InChI is InChI=1S/C39H55N7O10/c1-20(42-34(52)27(17-40)45(8)37(56)39(6,7)19-38(3,4)5)32(50)41-18-30(49)46(9)31-23-11-13-29(48)25(16-23)24-14-22(10-12-28(24)47)15-26(36(54)55)44-33(51)21(2)43-35(31)53/h10-14,16,20-21,26-27,31,47-48H,15,17-19,40H2,1-9H3,(H,41,50)(H,42,52)(H,43,53)(H,44,51)(H,54,55). The first-order valence-corrected chi connectivity index (χ1v) is 18.2. The molecule has 0 spiro atoms. The third kappa shape index (κ3) is 11.0. The van der Waals surface area contributed by atoms with Crippen molar-refractivity contribution in [1.29, 1.82) is 0 Å². The van der Waals surface area contributed by atoms with Crippen LogP contribution >= 0.6 is 0 Å². The normalized spacial score (nSPS) is 18.6. The Morgan fingerprint density at radius 2 is 1.50 bits per heavy atom. The van der Waals surface area contributed by atoms with Crippen molar-refractivity contribution in [3.05, 3.63) is 47.5 Å². The number of likely N-dealkylation sites (N-methyl/N-ethyl adjacent to an activating group) is 2. The van der Waals surface area contributed by atoms with Gasteiger partial charge in [0.15, 0.2) is 0 Å². The molecule has 17 heteroatoms. The average Bonchev–Trinajstić information content (AvgIpc) is 3.09. The van der Waals surface area contributed by atoms with Crippen molar-refractivity contribution in [2.24, 2.45) is 16.6 Å². The third-order valence-electron chi connectivity index (χ3n) is 9.55. The lowest BCUT2D eigenvalue weighted by Gasteiger charge is -2.37. The lowest BCUT2D eigenvalue weighted by Crippen LogP contribution is -2.58. The van der Waals surface area contributed by atoms with E-state index >= 15 is 0 Å². The van der Waals surface area contributed by atoms with Gasteiger partial charge in [0, 0.05) is 43.6 Å². The van der Waals surface area contributed by atoms with Crippen LogP contribution in [0.5, 0.6) is 11.5 Å². The van der Waals surface area contributed by atoms with Crippen LogP contribution in [0.2, 0.25) is 0 Å². The minimum absolute atomic E-state index is 0.0697. The van der Waals surface area contributed by atoms with Gasteiger partial charge in [-0.3, -0.25) is 28.8 Å². The number of carbonyl (C=O) groups is 7. The van der Waals surface area contributed by atoms with Gasteiger partial charge in [-0.1, -0.05) is 46.8 Å². The monoisotopic (exact) mass is 781 g/mol. The van der Waals surface area contributed by atoms with Crippen molar-refractivity contribution in [3.8, 4) is 22.6 Å². The summed E-state index contributed by atoms with van der Waals surface area (Å²) in [6.07, 6.45) is 0.364. The van der Waals surface area contributed by atoms with Crippen molar-refractivity contribution < 1.29 is 48.9 Å². The number of fused-ring (bicyclic) bond motifs is 5. The Balaban J connectivity index is 1.84. The van der Waals surface area contributed by atoms with E-state index in [0.29, 0.717) is 12.0 Å². The van der Waals surface area contributed by atoms with Crippen molar-refractivity contribution in [1.82, 2.24) is 31.1 Å². The number of hydrogen-bond acceptors (Lipinski definition) is 10. The maximum atomic E-state index is 13.8. The summed E-state index contributed by atoms with van der Waals surface area (Å²) in [5.74, 6) is -6.08. The van der Waals surface area contributed by atoms with Crippen LogP contribution in [-0.4, -0.2) is 118 Å². The van der Waals surface area contributed by atoms with Gasteiger partial charge in [-0.2, -0.15) is 0 Å². The first kappa shape index (κ1) is 44.7. The zero-order valence-corrected chi connectivity index (χ0v) is 33.4. The number of carbonyl (C=O) groups excluding carboxylic acids is 6. The fourth-order valence-electron chi connectivity index (χ4n) is 6.93. The first-order chi connectivity index (χ1) is 25.9. The summed E-state index contributed by atoms with van der Waals surface area (Å²) in [4.78, 5) is 94.5. The number of aromatic hydroxyl groups is 2. The van der Waals surface area contributed by atoms with Crippen LogP contribution in [0.3, 0.4) is 0 Å². The van der Waals surface area contributed by atoms with Crippen LogP contribution in [0, 0.1) is 10.8 Å². The van der Waals surface area contributed by atoms with Crippen LogP contribution in [0.15, 0.2) is 36.4 Å². The number of nitrogens with zero attached hydrogens (tertiary/aromatic N) is 2. The van der Waals surface area contributed by atoms with E-state index in [1.54, 1.807) is 13.8 Å². The fraction of sp³-hybridized carbons (Fsp3) is 0.513. The molecule has 0 fully saturated rings. The zero-order chi connectivity index (χ0) is 42.4. The molecule has 0 aromatic heterocycles. The maximum Gasteiger partial charge on any atom is 0.326 e. The number of carboxylic acid groups (broad SMARTS) is 1.